The van der Waals surface area contributed by atoms with Gasteiger partial charge in [0, 0.05) is 18.0 Å². The summed E-state index contributed by atoms with van der Waals surface area (Å²) in [5, 5.41) is 17.8. The van der Waals surface area contributed by atoms with E-state index < -0.39 is 0 Å². The first-order valence-electron chi connectivity index (χ1n) is 6.89. The second-order valence-corrected chi connectivity index (χ2v) is 4.68. The lowest BCUT2D eigenvalue weighted by Gasteiger charge is -2.11. The highest BCUT2D eigenvalue weighted by Gasteiger charge is 2.17. The van der Waals surface area contributed by atoms with E-state index in [2.05, 4.69) is 28.3 Å². The van der Waals surface area contributed by atoms with E-state index in [1.807, 2.05) is 30.3 Å². The van der Waals surface area contributed by atoms with Crippen LogP contribution in [-0.4, -0.2) is 25.1 Å². The van der Waals surface area contributed by atoms with Gasteiger partial charge in [-0.25, -0.2) is 4.68 Å². The quantitative estimate of drug-likeness (QED) is 0.797. The van der Waals surface area contributed by atoms with E-state index in [1.165, 1.54) is 5.56 Å². The second-order valence-electron chi connectivity index (χ2n) is 4.68. The fraction of sp³-hybridized carbons (Fsp3) is 0.188. The Kier molecular flexibility index (Phi) is 3.75. The third kappa shape index (κ3) is 2.43. The van der Waals surface area contributed by atoms with Crippen molar-refractivity contribution in [2.75, 3.05) is 0 Å². The van der Waals surface area contributed by atoms with Gasteiger partial charge in [-0.1, -0.05) is 30.3 Å². The molecule has 2 aromatic heterocycles. The van der Waals surface area contributed by atoms with Crippen molar-refractivity contribution in [3.63, 3.8) is 0 Å². The molecule has 1 N–H and O–H groups in total. The third-order valence-electron chi connectivity index (χ3n) is 3.43. The molecular weight excluding hydrogens is 264 g/mol. The molecule has 0 atom stereocenters. The molecule has 5 heteroatoms. The summed E-state index contributed by atoms with van der Waals surface area (Å²) < 4.78 is 1.78. The zero-order chi connectivity index (χ0) is 14.7. The molecule has 0 unspecified atom stereocenters. The molecule has 0 amide bonds. The van der Waals surface area contributed by atoms with Crippen molar-refractivity contribution in [2.24, 2.45) is 0 Å². The largest absolute Gasteiger partial charge is 0.390 e. The fourth-order valence-electron chi connectivity index (χ4n) is 2.40. The van der Waals surface area contributed by atoms with Crippen molar-refractivity contribution in [1.29, 1.82) is 0 Å². The van der Waals surface area contributed by atoms with Crippen LogP contribution >= 0.6 is 0 Å². The first kappa shape index (κ1) is 13.5. The zero-order valence-electron chi connectivity index (χ0n) is 11.8. The standard InChI is InChI=1S/C16H16N4O/c1-2-12-6-3-4-8-15(12)20-16(14(11-21)18-19-20)13-7-5-9-17-10-13/h3-10,21H,2,11H2,1H3. The number of aliphatic hydroxyl groups is 1. The number of aliphatic hydroxyl groups excluding tert-OH is 1. The van der Waals surface area contributed by atoms with Crippen LogP contribution in [0, 0.1) is 0 Å². The maximum Gasteiger partial charge on any atom is 0.117 e. The molecule has 3 rings (SSSR count). The number of para-hydroxylation sites is 1. The molecule has 5 nitrogen and oxygen atoms in total. The molecule has 106 valence electrons. The smallest absolute Gasteiger partial charge is 0.117 e. The van der Waals surface area contributed by atoms with Gasteiger partial charge in [0.05, 0.1) is 12.3 Å². The van der Waals surface area contributed by atoms with E-state index in [1.54, 1.807) is 17.1 Å². The minimum atomic E-state index is -0.154. The van der Waals surface area contributed by atoms with E-state index in [0.717, 1.165) is 23.4 Å². The molecule has 3 aromatic rings. The second kappa shape index (κ2) is 5.85. The van der Waals surface area contributed by atoms with Gasteiger partial charge in [-0.3, -0.25) is 4.98 Å². The topological polar surface area (TPSA) is 63.8 Å². The zero-order valence-corrected chi connectivity index (χ0v) is 11.8. The summed E-state index contributed by atoms with van der Waals surface area (Å²) in [4.78, 5) is 4.14. The predicted molar refractivity (Wildman–Crippen MR) is 79.9 cm³/mol. The summed E-state index contributed by atoms with van der Waals surface area (Å²) in [5.74, 6) is 0. The average molecular weight is 280 g/mol. The molecule has 0 radical (unpaired) electrons. The summed E-state index contributed by atoms with van der Waals surface area (Å²) in [6, 6.07) is 11.9. The lowest BCUT2D eigenvalue weighted by molar-refractivity contribution is 0.277. The molecule has 0 spiro atoms. The predicted octanol–water partition coefficient (Wildman–Crippen LogP) is 2.38. The molecular formula is C16H16N4O. The average Bonchev–Trinajstić information content (AvgIpc) is 2.99. The molecule has 0 aliphatic heterocycles. The van der Waals surface area contributed by atoms with E-state index in [4.69, 9.17) is 0 Å². The molecule has 0 aliphatic carbocycles. The number of pyridine rings is 1. The molecule has 1 aromatic carbocycles. The normalized spacial score (nSPS) is 10.8. The number of nitrogens with zero attached hydrogens (tertiary/aromatic N) is 4. The Bertz CT molecular complexity index is 737. The summed E-state index contributed by atoms with van der Waals surface area (Å²) in [7, 11) is 0. The SMILES string of the molecule is CCc1ccccc1-n1nnc(CO)c1-c1cccnc1. The maximum absolute atomic E-state index is 9.53. The van der Waals surface area contributed by atoms with Crippen molar-refractivity contribution < 1.29 is 5.11 Å². The summed E-state index contributed by atoms with van der Waals surface area (Å²) >= 11 is 0. The first-order valence-corrected chi connectivity index (χ1v) is 6.89. The maximum atomic E-state index is 9.53. The van der Waals surface area contributed by atoms with Crippen molar-refractivity contribution in [3.8, 4) is 16.9 Å². The highest BCUT2D eigenvalue weighted by Crippen LogP contribution is 2.26. The Morgan fingerprint density at radius 3 is 2.71 bits per heavy atom. The van der Waals surface area contributed by atoms with E-state index in [0.29, 0.717) is 5.69 Å². The monoisotopic (exact) mass is 280 g/mol. The molecule has 0 fully saturated rings. The molecule has 0 aliphatic rings. The summed E-state index contributed by atoms with van der Waals surface area (Å²) in [6.07, 6.45) is 4.37. The van der Waals surface area contributed by atoms with Crippen molar-refractivity contribution in [3.05, 3.63) is 60.0 Å². The van der Waals surface area contributed by atoms with Gasteiger partial charge in [0.25, 0.3) is 0 Å². The molecule has 0 bridgehead atoms. The van der Waals surface area contributed by atoms with Crippen molar-refractivity contribution >= 4 is 0 Å². The van der Waals surface area contributed by atoms with Crippen LogP contribution in [0.5, 0.6) is 0 Å². The molecule has 21 heavy (non-hydrogen) atoms. The van der Waals surface area contributed by atoms with E-state index in [9.17, 15) is 5.11 Å². The molecule has 2 heterocycles. The van der Waals surface area contributed by atoms with Crippen LogP contribution in [0.3, 0.4) is 0 Å². The highest BCUT2D eigenvalue weighted by atomic mass is 16.3. The number of aromatic nitrogens is 4. The Hall–Kier alpha value is -2.53. The fourth-order valence-corrected chi connectivity index (χ4v) is 2.40. The van der Waals surface area contributed by atoms with Crippen LogP contribution in [0.25, 0.3) is 16.9 Å². The number of rotatable bonds is 4. The Morgan fingerprint density at radius 2 is 2.00 bits per heavy atom. The number of aryl methyl sites for hydroxylation is 1. The third-order valence-corrected chi connectivity index (χ3v) is 3.43. The van der Waals surface area contributed by atoms with E-state index in [-0.39, 0.29) is 6.61 Å². The highest BCUT2D eigenvalue weighted by molar-refractivity contribution is 5.63. The Morgan fingerprint density at radius 1 is 1.14 bits per heavy atom. The van der Waals surface area contributed by atoms with Gasteiger partial charge in [-0.05, 0) is 30.2 Å². The lowest BCUT2D eigenvalue weighted by Crippen LogP contribution is -2.03. The molecule has 0 saturated carbocycles. The van der Waals surface area contributed by atoms with Crippen LogP contribution in [-0.2, 0) is 13.0 Å². The van der Waals surface area contributed by atoms with Gasteiger partial charge in [0.1, 0.15) is 11.4 Å². The number of hydrogen-bond acceptors (Lipinski definition) is 4. The number of hydrogen-bond donors (Lipinski definition) is 1. The van der Waals surface area contributed by atoms with Gasteiger partial charge in [-0.15, -0.1) is 5.10 Å². The Labute approximate surface area is 122 Å². The van der Waals surface area contributed by atoms with Crippen molar-refractivity contribution in [1.82, 2.24) is 20.0 Å². The minimum absolute atomic E-state index is 0.154. The van der Waals surface area contributed by atoms with Crippen LogP contribution < -0.4 is 0 Å². The Balaban J connectivity index is 2.23. The van der Waals surface area contributed by atoms with Crippen LogP contribution in [0.2, 0.25) is 0 Å². The summed E-state index contributed by atoms with van der Waals surface area (Å²) in [5.41, 5.74) is 4.38. The summed E-state index contributed by atoms with van der Waals surface area (Å²) in [6.45, 7) is 1.95. The lowest BCUT2D eigenvalue weighted by atomic mass is 10.1. The van der Waals surface area contributed by atoms with E-state index >= 15 is 0 Å². The van der Waals surface area contributed by atoms with Gasteiger partial charge in [0.2, 0.25) is 0 Å². The van der Waals surface area contributed by atoms with Gasteiger partial charge in [-0.2, -0.15) is 0 Å². The van der Waals surface area contributed by atoms with Gasteiger partial charge >= 0.3 is 0 Å². The van der Waals surface area contributed by atoms with Gasteiger partial charge < -0.3 is 5.11 Å². The van der Waals surface area contributed by atoms with Crippen molar-refractivity contribution in [2.45, 2.75) is 20.0 Å². The number of benzene rings is 1. The minimum Gasteiger partial charge on any atom is -0.390 e. The molecule has 0 saturated heterocycles. The first-order chi connectivity index (χ1) is 10.3. The van der Waals surface area contributed by atoms with Crippen LogP contribution in [0.15, 0.2) is 48.8 Å². The van der Waals surface area contributed by atoms with Gasteiger partial charge in [0.15, 0.2) is 0 Å². The van der Waals surface area contributed by atoms with Crippen LogP contribution in [0.1, 0.15) is 18.2 Å². The van der Waals surface area contributed by atoms with Crippen LogP contribution in [0.4, 0.5) is 0 Å².